The first-order chi connectivity index (χ1) is 7.59. The molecule has 0 aromatic carbocycles. The summed E-state index contributed by atoms with van der Waals surface area (Å²) in [7, 11) is 2.01. The van der Waals surface area contributed by atoms with Crippen LogP contribution in [-0.2, 0) is 0 Å². The summed E-state index contributed by atoms with van der Waals surface area (Å²) in [6, 6.07) is -0.0238. The Balaban J connectivity index is 2.18. The van der Waals surface area contributed by atoms with Crippen molar-refractivity contribution in [2.45, 2.75) is 18.9 Å². The average Bonchev–Trinajstić information content (AvgIpc) is 2.61. The summed E-state index contributed by atoms with van der Waals surface area (Å²) in [6.45, 7) is 1.76. The molecule has 16 heavy (non-hydrogen) atoms. The van der Waals surface area contributed by atoms with E-state index in [2.05, 4.69) is 10.00 Å². The summed E-state index contributed by atoms with van der Waals surface area (Å²) in [5.41, 5.74) is -0.348. The minimum atomic E-state index is -1.27. The third-order valence-corrected chi connectivity index (χ3v) is 3.00. The average molecular weight is 227 g/mol. The quantitative estimate of drug-likeness (QED) is 0.818. The SMILES string of the molecule is CN1CCC(n2ncc(C(=O)O)c2F)CC1. The van der Waals surface area contributed by atoms with Crippen LogP contribution in [-0.4, -0.2) is 45.9 Å². The second kappa shape index (κ2) is 4.21. The monoisotopic (exact) mass is 227 g/mol. The lowest BCUT2D eigenvalue weighted by atomic mass is 10.1. The van der Waals surface area contributed by atoms with Crippen LogP contribution in [0.4, 0.5) is 4.39 Å². The van der Waals surface area contributed by atoms with Crippen LogP contribution in [0.15, 0.2) is 6.20 Å². The predicted molar refractivity (Wildman–Crippen MR) is 54.9 cm³/mol. The lowest BCUT2D eigenvalue weighted by Gasteiger charge is -2.29. The van der Waals surface area contributed by atoms with Crippen LogP contribution < -0.4 is 0 Å². The topological polar surface area (TPSA) is 58.4 Å². The van der Waals surface area contributed by atoms with Gasteiger partial charge in [0.15, 0.2) is 0 Å². The van der Waals surface area contributed by atoms with E-state index in [0.29, 0.717) is 0 Å². The maximum atomic E-state index is 13.7. The maximum absolute atomic E-state index is 13.7. The Morgan fingerprint density at radius 3 is 2.69 bits per heavy atom. The van der Waals surface area contributed by atoms with E-state index < -0.39 is 11.9 Å². The lowest BCUT2D eigenvalue weighted by Crippen LogP contribution is -2.32. The lowest BCUT2D eigenvalue weighted by molar-refractivity contribution is 0.0690. The number of likely N-dealkylation sites (tertiary alicyclic amines) is 1. The van der Waals surface area contributed by atoms with Crippen LogP contribution in [0, 0.1) is 5.95 Å². The summed E-state index contributed by atoms with van der Waals surface area (Å²) in [5.74, 6) is -2.00. The maximum Gasteiger partial charge on any atom is 0.342 e. The highest BCUT2D eigenvalue weighted by atomic mass is 19.1. The minimum absolute atomic E-state index is 0.0238. The molecule has 2 heterocycles. The van der Waals surface area contributed by atoms with Crippen LogP contribution in [0.2, 0.25) is 0 Å². The number of halogens is 1. The molecule has 1 aromatic heterocycles. The zero-order chi connectivity index (χ0) is 11.7. The molecule has 1 aliphatic rings. The van der Waals surface area contributed by atoms with Crippen molar-refractivity contribution in [1.29, 1.82) is 0 Å². The molecule has 5 nitrogen and oxygen atoms in total. The van der Waals surface area contributed by atoms with Crippen molar-refractivity contribution in [2.75, 3.05) is 20.1 Å². The van der Waals surface area contributed by atoms with Gasteiger partial charge in [-0.3, -0.25) is 0 Å². The number of carbonyl (C=O) groups is 1. The summed E-state index contributed by atoms with van der Waals surface area (Å²) < 4.78 is 14.9. The Hall–Kier alpha value is -1.43. The number of aromatic carboxylic acids is 1. The molecular formula is C10H14FN3O2. The molecule has 0 unspecified atom stereocenters. The number of aromatic nitrogens is 2. The largest absolute Gasteiger partial charge is 0.477 e. The predicted octanol–water partition coefficient (Wildman–Crippen LogP) is 0.987. The van der Waals surface area contributed by atoms with Crippen molar-refractivity contribution in [3.63, 3.8) is 0 Å². The second-order valence-electron chi connectivity index (χ2n) is 4.13. The molecule has 0 aliphatic carbocycles. The molecule has 1 N–H and O–H groups in total. The van der Waals surface area contributed by atoms with Crippen molar-refractivity contribution in [3.8, 4) is 0 Å². The Morgan fingerprint density at radius 1 is 1.56 bits per heavy atom. The molecule has 1 aromatic rings. The van der Waals surface area contributed by atoms with E-state index in [1.54, 1.807) is 0 Å². The zero-order valence-corrected chi connectivity index (χ0v) is 9.06. The second-order valence-corrected chi connectivity index (χ2v) is 4.13. The zero-order valence-electron chi connectivity index (χ0n) is 9.06. The first-order valence-corrected chi connectivity index (χ1v) is 5.24. The Morgan fingerprint density at radius 2 is 2.19 bits per heavy atom. The molecule has 6 heteroatoms. The van der Waals surface area contributed by atoms with Crippen LogP contribution in [0.5, 0.6) is 0 Å². The Bertz CT molecular complexity index is 397. The van der Waals surface area contributed by atoms with Gasteiger partial charge in [-0.2, -0.15) is 9.49 Å². The molecule has 88 valence electrons. The van der Waals surface area contributed by atoms with Gasteiger partial charge in [-0.15, -0.1) is 0 Å². The molecule has 0 radical (unpaired) electrons. The molecule has 2 rings (SSSR count). The molecule has 0 atom stereocenters. The highest BCUT2D eigenvalue weighted by molar-refractivity contribution is 5.87. The highest BCUT2D eigenvalue weighted by Crippen LogP contribution is 2.23. The normalized spacial score (nSPS) is 18.9. The molecule has 1 fully saturated rings. The van der Waals surface area contributed by atoms with E-state index in [4.69, 9.17) is 5.11 Å². The van der Waals surface area contributed by atoms with Crippen LogP contribution in [0.1, 0.15) is 29.2 Å². The number of nitrogens with zero attached hydrogens (tertiary/aromatic N) is 3. The summed E-state index contributed by atoms with van der Waals surface area (Å²) in [6.07, 6.45) is 2.68. The number of carboxylic acids is 1. The summed E-state index contributed by atoms with van der Waals surface area (Å²) in [4.78, 5) is 12.8. The summed E-state index contributed by atoms with van der Waals surface area (Å²) >= 11 is 0. The fourth-order valence-corrected chi connectivity index (χ4v) is 1.98. The van der Waals surface area contributed by atoms with Gasteiger partial charge in [0.2, 0.25) is 5.95 Å². The molecule has 1 aliphatic heterocycles. The molecule has 0 bridgehead atoms. The minimum Gasteiger partial charge on any atom is -0.477 e. The van der Waals surface area contributed by atoms with E-state index in [9.17, 15) is 9.18 Å². The number of rotatable bonds is 2. The molecule has 0 saturated carbocycles. The number of carboxylic acid groups (broad SMARTS) is 1. The fourth-order valence-electron chi connectivity index (χ4n) is 1.98. The highest BCUT2D eigenvalue weighted by Gasteiger charge is 2.24. The van der Waals surface area contributed by atoms with Crippen LogP contribution >= 0.6 is 0 Å². The first-order valence-electron chi connectivity index (χ1n) is 5.24. The van der Waals surface area contributed by atoms with E-state index >= 15 is 0 Å². The van der Waals surface area contributed by atoms with E-state index in [-0.39, 0.29) is 11.6 Å². The van der Waals surface area contributed by atoms with Crippen LogP contribution in [0.3, 0.4) is 0 Å². The van der Waals surface area contributed by atoms with Gasteiger partial charge in [-0.1, -0.05) is 0 Å². The molecule has 0 spiro atoms. The van der Waals surface area contributed by atoms with Gasteiger partial charge in [0.05, 0.1) is 12.2 Å². The molecular weight excluding hydrogens is 213 g/mol. The Kier molecular flexibility index (Phi) is 2.91. The molecule has 1 saturated heterocycles. The smallest absolute Gasteiger partial charge is 0.342 e. The third kappa shape index (κ3) is 1.92. The van der Waals surface area contributed by atoms with Crippen molar-refractivity contribution in [3.05, 3.63) is 17.7 Å². The van der Waals surface area contributed by atoms with Gasteiger partial charge in [-0.25, -0.2) is 9.48 Å². The summed E-state index contributed by atoms with van der Waals surface area (Å²) in [5, 5.41) is 12.5. The van der Waals surface area contributed by atoms with Crippen LogP contribution in [0.25, 0.3) is 0 Å². The van der Waals surface area contributed by atoms with E-state index in [1.807, 2.05) is 7.05 Å². The van der Waals surface area contributed by atoms with Crippen molar-refractivity contribution < 1.29 is 14.3 Å². The van der Waals surface area contributed by atoms with Crippen molar-refractivity contribution in [2.24, 2.45) is 0 Å². The molecule has 0 amide bonds. The third-order valence-electron chi connectivity index (χ3n) is 3.00. The van der Waals surface area contributed by atoms with Gasteiger partial charge < -0.3 is 10.0 Å². The number of piperidine rings is 1. The first kappa shape index (κ1) is 11.1. The number of hydrogen-bond acceptors (Lipinski definition) is 3. The van der Waals surface area contributed by atoms with Crippen molar-refractivity contribution in [1.82, 2.24) is 14.7 Å². The van der Waals surface area contributed by atoms with E-state index in [1.165, 1.54) is 4.68 Å². The fraction of sp³-hybridized carbons (Fsp3) is 0.600. The van der Waals surface area contributed by atoms with Crippen molar-refractivity contribution >= 4 is 5.97 Å². The Labute approximate surface area is 92.5 Å². The standard InChI is InChI=1S/C10H14FN3O2/c1-13-4-2-7(3-5-13)14-9(11)8(6-12-14)10(15)16/h6-7H,2-5H2,1H3,(H,15,16). The van der Waals surface area contributed by atoms with E-state index in [0.717, 1.165) is 32.1 Å². The van der Waals surface area contributed by atoms with Gasteiger partial charge in [0.1, 0.15) is 5.56 Å². The number of hydrogen-bond donors (Lipinski definition) is 1. The van der Waals surface area contributed by atoms with Gasteiger partial charge in [0, 0.05) is 0 Å². The van der Waals surface area contributed by atoms with Gasteiger partial charge in [0.25, 0.3) is 0 Å². The van der Waals surface area contributed by atoms with Gasteiger partial charge in [-0.05, 0) is 33.0 Å². The van der Waals surface area contributed by atoms with Gasteiger partial charge >= 0.3 is 5.97 Å².